The van der Waals surface area contributed by atoms with Crippen molar-refractivity contribution < 1.29 is 23.2 Å². The van der Waals surface area contributed by atoms with Crippen molar-refractivity contribution in [3.05, 3.63) is 65.8 Å². The summed E-state index contributed by atoms with van der Waals surface area (Å²) in [5, 5.41) is 6.65. The Bertz CT molecular complexity index is 1100. The highest BCUT2D eigenvalue weighted by molar-refractivity contribution is 5.89. The molecule has 0 radical (unpaired) electrons. The second-order valence-electron chi connectivity index (χ2n) is 7.66. The first-order valence-corrected chi connectivity index (χ1v) is 10.4. The van der Waals surface area contributed by atoms with Crippen LogP contribution in [0.25, 0.3) is 11.4 Å². The third-order valence-corrected chi connectivity index (χ3v) is 5.30. The Kier molecular flexibility index (Phi) is 6.44. The van der Waals surface area contributed by atoms with Gasteiger partial charge < -0.3 is 19.5 Å². The summed E-state index contributed by atoms with van der Waals surface area (Å²) in [6, 6.07) is 13.5. The van der Waals surface area contributed by atoms with Gasteiger partial charge in [0.05, 0.1) is 5.92 Å². The largest absolute Gasteiger partial charge is 0.455 e. The molecule has 0 aliphatic carbocycles. The number of amides is 2. The molecule has 9 heteroatoms. The highest BCUT2D eigenvalue weighted by Crippen LogP contribution is 2.21. The molecule has 1 atom stereocenters. The van der Waals surface area contributed by atoms with Crippen LogP contribution < -0.4 is 5.32 Å². The quantitative estimate of drug-likeness (QED) is 0.601. The Morgan fingerprint density at radius 3 is 2.84 bits per heavy atom. The number of likely N-dealkylation sites (tertiary alicyclic amines) is 1. The number of benzene rings is 2. The lowest BCUT2D eigenvalue weighted by atomic mass is 9.98. The zero-order valence-electron chi connectivity index (χ0n) is 17.6. The summed E-state index contributed by atoms with van der Waals surface area (Å²) in [4.78, 5) is 30.8. The SMILES string of the molecule is Cc1ccc(-c2noc(COC(=O)[C@@H]3CCCN(C(=O)Nc4ccccc4)C3)n2)cc1F. The molecule has 0 unspecified atom stereocenters. The number of aromatic nitrogens is 2. The van der Waals surface area contributed by atoms with Crippen LogP contribution in [0.2, 0.25) is 0 Å². The molecule has 2 heterocycles. The van der Waals surface area contributed by atoms with Crippen LogP contribution in [0, 0.1) is 18.7 Å². The van der Waals surface area contributed by atoms with E-state index < -0.39 is 11.9 Å². The van der Waals surface area contributed by atoms with Crippen LogP contribution in [0.15, 0.2) is 53.1 Å². The summed E-state index contributed by atoms with van der Waals surface area (Å²) in [6.45, 7) is 2.32. The molecule has 1 N–H and O–H groups in total. The molecule has 1 fully saturated rings. The van der Waals surface area contributed by atoms with Crippen molar-refractivity contribution in [2.24, 2.45) is 5.92 Å². The lowest BCUT2D eigenvalue weighted by Gasteiger charge is -2.31. The van der Waals surface area contributed by atoms with Crippen LogP contribution in [0.3, 0.4) is 0 Å². The van der Waals surface area contributed by atoms with Gasteiger partial charge in [0.1, 0.15) is 5.82 Å². The van der Waals surface area contributed by atoms with E-state index in [1.807, 2.05) is 18.2 Å². The standard InChI is InChI=1S/C23H23FN4O4/c1-15-9-10-16(12-19(15)24)21-26-20(32-27-21)14-31-22(29)17-6-5-11-28(13-17)23(30)25-18-7-3-2-4-8-18/h2-4,7-10,12,17H,5-6,11,13-14H2,1H3,(H,25,30)/t17-/m1/s1. The average molecular weight is 438 g/mol. The number of ether oxygens (including phenoxy) is 1. The van der Waals surface area contributed by atoms with Gasteiger partial charge in [0.15, 0.2) is 6.61 Å². The Labute approximate surface area is 184 Å². The van der Waals surface area contributed by atoms with Gasteiger partial charge in [-0.15, -0.1) is 0 Å². The van der Waals surface area contributed by atoms with Crippen molar-refractivity contribution in [2.75, 3.05) is 18.4 Å². The van der Waals surface area contributed by atoms with Crippen LogP contribution in [-0.2, 0) is 16.1 Å². The van der Waals surface area contributed by atoms with Crippen LogP contribution in [-0.4, -0.2) is 40.1 Å². The predicted octanol–water partition coefficient (Wildman–Crippen LogP) is 4.17. The maximum Gasteiger partial charge on any atom is 0.321 e. The van der Waals surface area contributed by atoms with Crippen molar-refractivity contribution in [1.29, 1.82) is 0 Å². The molecule has 32 heavy (non-hydrogen) atoms. The number of nitrogens with one attached hydrogen (secondary N) is 1. The number of aryl methyl sites for hydroxylation is 1. The summed E-state index contributed by atoms with van der Waals surface area (Å²) >= 11 is 0. The van der Waals surface area contributed by atoms with Gasteiger partial charge in [-0.05, 0) is 43.5 Å². The molecule has 1 aliphatic heterocycles. The van der Waals surface area contributed by atoms with Gasteiger partial charge in [-0.3, -0.25) is 4.79 Å². The Balaban J connectivity index is 1.30. The number of halogens is 1. The predicted molar refractivity (Wildman–Crippen MR) is 114 cm³/mol. The van der Waals surface area contributed by atoms with E-state index in [-0.39, 0.29) is 36.7 Å². The normalized spacial score (nSPS) is 15.9. The molecule has 1 aromatic heterocycles. The lowest BCUT2D eigenvalue weighted by Crippen LogP contribution is -2.44. The van der Waals surface area contributed by atoms with Gasteiger partial charge in [0, 0.05) is 24.3 Å². The number of nitrogens with zero attached hydrogens (tertiary/aromatic N) is 3. The first kappa shape index (κ1) is 21.5. The van der Waals surface area contributed by atoms with E-state index in [9.17, 15) is 14.0 Å². The summed E-state index contributed by atoms with van der Waals surface area (Å²) in [6.07, 6.45) is 1.33. The van der Waals surface area contributed by atoms with E-state index >= 15 is 0 Å². The number of esters is 1. The molecule has 8 nitrogen and oxygen atoms in total. The summed E-state index contributed by atoms with van der Waals surface area (Å²) in [7, 11) is 0. The highest BCUT2D eigenvalue weighted by atomic mass is 19.1. The summed E-state index contributed by atoms with van der Waals surface area (Å²) in [5.74, 6) is -0.888. The molecule has 1 aliphatic rings. The van der Waals surface area contributed by atoms with E-state index in [4.69, 9.17) is 9.26 Å². The number of hydrogen-bond donors (Lipinski definition) is 1. The molecule has 2 amide bonds. The fourth-order valence-electron chi connectivity index (χ4n) is 3.49. The monoisotopic (exact) mass is 438 g/mol. The Morgan fingerprint density at radius 2 is 2.06 bits per heavy atom. The fraction of sp³-hybridized carbons (Fsp3) is 0.304. The molecule has 0 bridgehead atoms. The van der Waals surface area contributed by atoms with Crippen molar-refractivity contribution >= 4 is 17.7 Å². The fourth-order valence-corrected chi connectivity index (χ4v) is 3.49. The third kappa shape index (κ3) is 5.11. The average Bonchev–Trinajstić information content (AvgIpc) is 3.29. The second kappa shape index (κ2) is 9.59. The molecule has 2 aromatic carbocycles. The van der Waals surface area contributed by atoms with Crippen LogP contribution >= 0.6 is 0 Å². The highest BCUT2D eigenvalue weighted by Gasteiger charge is 2.30. The first-order chi connectivity index (χ1) is 15.5. The number of carbonyl (C=O) groups is 2. The van der Waals surface area contributed by atoms with Gasteiger partial charge >= 0.3 is 12.0 Å². The molecular weight excluding hydrogens is 415 g/mol. The summed E-state index contributed by atoms with van der Waals surface area (Å²) in [5.41, 5.74) is 1.69. The van der Waals surface area contributed by atoms with Gasteiger partial charge in [-0.1, -0.05) is 35.5 Å². The van der Waals surface area contributed by atoms with E-state index in [1.54, 1.807) is 36.1 Å². The molecule has 3 aromatic rings. The molecule has 4 rings (SSSR count). The minimum Gasteiger partial charge on any atom is -0.455 e. The second-order valence-corrected chi connectivity index (χ2v) is 7.66. The number of anilines is 1. The summed E-state index contributed by atoms with van der Waals surface area (Å²) < 4.78 is 24.2. The molecule has 0 spiro atoms. The Morgan fingerprint density at radius 1 is 1.25 bits per heavy atom. The van der Waals surface area contributed by atoms with Crippen molar-refractivity contribution in [2.45, 2.75) is 26.4 Å². The molecular formula is C23H23FN4O4. The maximum absolute atomic E-state index is 13.8. The van der Waals surface area contributed by atoms with Crippen LogP contribution in [0.5, 0.6) is 0 Å². The van der Waals surface area contributed by atoms with Crippen LogP contribution in [0.1, 0.15) is 24.3 Å². The van der Waals surface area contributed by atoms with Crippen LogP contribution in [0.4, 0.5) is 14.9 Å². The minimum atomic E-state index is -0.432. The molecule has 166 valence electrons. The van der Waals surface area contributed by atoms with Crippen molar-refractivity contribution in [3.63, 3.8) is 0 Å². The first-order valence-electron chi connectivity index (χ1n) is 10.4. The van der Waals surface area contributed by atoms with Gasteiger partial charge in [-0.2, -0.15) is 4.98 Å². The lowest BCUT2D eigenvalue weighted by molar-refractivity contribution is -0.152. The third-order valence-electron chi connectivity index (χ3n) is 5.30. The number of hydrogen-bond acceptors (Lipinski definition) is 6. The van der Waals surface area contributed by atoms with E-state index in [2.05, 4.69) is 15.5 Å². The van der Waals surface area contributed by atoms with E-state index in [0.29, 0.717) is 36.2 Å². The van der Waals surface area contributed by atoms with Gasteiger partial charge in [0.25, 0.3) is 5.89 Å². The Hall–Kier alpha value is -3.75. The number of carbonyl (C=O) groups excluding carboxylic acids is 2. The zero-order valence-corrected chi connectivity index (χ0v) is 17.6. The smallest absolute Gasteiger partial charge is 0.321 e. The number of piperidine rings is 1. The molecule has 1 saturated heterocycles. The minimum absolute atomic E-state index is 0.115. The van der Waals surface area contributed by atoms with E-state index in [1.165, 1.54) is 6.07 Å². The zero-order chi connectivity index (χ0) is 22.5. The molecule has 0 saturated carbocycles. The number of para-hydroxylation sites is 1. The van der Waals surface area contributed by atoms with E-state index in [0.717, 1.165) is 0 Å². The van der Waals surface area contributed by atoms with Gasteiger partial charge in [0.2, 0.25) is 5.82 Å². The maximum atomic E-state index is 13.8. The van der Waals surface area contributed by atoms with Gasteiger partial charge in [-0.25, -0.2) is 9.18 Å². The number of urea groups is 1. The number of rotatable bonds is 5. The van der Waals surface area contributed by atoms with Crippen molar-refractivity contribution in [3.8, 4) is 11.4 Å². The van der Waals surface area contributed by atoms with Crippen molar-refractivity contribution in [1.82, 2.24) is 15.0 Å². The topological polar surface area (TPSA) is 97.6 Å².